The highest BCUT2D eigenvalue weighted by Gasteiger charge is 2.32. The van der Waals surface area contributed by atoms with Crippen molar-refractivity contribution in [1.29, 1.82) is 0 Å². The van der Waals surface area contributed by atoms with Crippen LogP contribution in [0.15, 0.2) is 30.6 Å². The van der Waals surface area contributed by atoms with E-state index in [1.165, 1.54) is 18.4 Å². The highest BCUT2D eigenvalue weighted by molar-refractivity contribution is 5.53. The van der Waals surface area contributed by atoms with Gasteiger partial charge < -0.3 is 10.4 Å². The third kappa shape index (κ3) is 2.02. The van der Waals surface area contributed by atoms with E-state index < -0.39 is 0 Å². The quantitative estimate of drug-likeness (QED) is 0.862. The van der Waals surface area contributed by atoms with E-state index in [4.69, 9.17) is 0 Å². The van der Waals surface area contributed by atoms with E-state index in [9.17, 15) is 5.11 Å². The molecular formula is C14H19N3O. The van der Waals surface area contributed by atoms with Crippen LogP contribution in [0.3, 0.4) is 0 Å². The fourth-order valence-corrected chi connectivity index (χ4v) is 2.85. The van der Waals surface area contributed by atoms with Crippen molar-refractivity contribution >= 4 is 5.52 Å². The summed E-state index contributed by atoms with van der Waals surface area (Å²) in [6, 6.07) is 6.07. The Morgan fingerprint density at radius 3 is 2.94 bits per heavy atom. The Bertz CT molecular complexity index is 529. The normalized spacial score (nSPS) is 18.5. The minimum atomic E-state index is -0.0664. The van der Waals surface area contributed by atoms with Crippen molar-refractivity contribution in [3.05, 3.63) is 36.2 Å². The van der Waals surface area contributed by atoms with E-state index >= 15 is 0 Å². The number of hydrogen-bond acceptors (Lipinski definition) is 3. The van der Waals surface area contributed by atoms with Gasteiger partial charge in [-0.1, -0.05) is 18.9 Å². The van der Waals surface area contributed by atoms with Crippen molar-refractivity contribution in [1.82, 2.24) is 14.9 Å². The Morgan fingerprint density at radius 1 is 1.33 bits per heavy atom. The highest BCUT2D eigenvalue weighted by atomic mass is 16.3. The molecule has 0 bridgehead atoms. The summed E-state index contributed by atoms with van der Waals surface area (Å²) in [6.45, 7) is 1.00. The van der Waals surface area contributed by atoms with Crippen LogP contribution in [0.5, 0.6) is 0 Å². The molecule has 0 radical (unpaired) electrons. The second-order valence-corrected chi connectivity index (χ2v) is 5.20. The van der Waals surface area contributed by atoms with Crippen molar-refractivity contribution in [3.8, 4) is 0 Å². The molecular weight excluding hydrogens is 226 g/mol. The van der Waals surface area contributed by atoms with Crippen molar-refractivity contribution in [2.75, 3.05) is 6.61 Å². The minimum Gasteiger partial charge on any atom is -0.394 e. The van der Waals surface area contributed by atoms with Gasteiger partial charge >= 0.3 is 0 Å². The lowest BCUT2D eigenvalue weighted by Crippen LogP contribution is -2.45. The number of hydrogen-bond donors (Lipinski definition) is 2. The first-order valence-corrected chi connectivity index (χ1v) is 6.60. The number of rotatable bonds is 4. The highest BCUT2D eigenvalue weighted by Crippen LogP contribution is 2.29. The van der Waals surface area contributed by atoms with E-state index in [0.717, 1.165) is 24.9 Å². The average Bonchev–Trinajstić information content (AvgIpc) is 3.04. The first kappa shape index (κ1) is 11.7. The summed E-state index contributed by atoms with van der Waals surface area (Å²) in [5.41, 5.74) is 2.26. The monoisotopic (exact) mass is 245 g/mol. The number of aromatic nitrogens is 2. The molecule has 1 aliphatic carbocycles. The standard InChI is InChI=1S/C14H19N3O/c18-11-14(6-2-3-7-14)15-9-12-10-16-17-8-4-1-5-13(12)17/h1,4-5,8,10,15,18H,2-3,6-7,9,11H2. The van der Waals surface area contributed by atoms with Crippen LogP contribution in [0, 0.1) is 0 Å². The van der Waals surface area contributed by atoms with Gasteiger partial charge in [0.05, 0.1) is 18.3 Å². The lowest BCUT2D eigenvalue weighted by Gasteiger charge is -2.27. The molecule has 0 aliphatic heterocycles. The van der Waals surface area contributed by atoms with Gasteiger partial charge in [0.2, 0.25) is 0 Å². The maximum Gasteiger partial charge on any atom is 0.0706 e. The van der Waals surface area contributed by atoms with E-state index in [1.807, 2.05) is 29.0 Å². The molecule has 1 fully saturated rings. The summed E-state index contributed by atoms with van der Waals surface area (Å²) in [5.74, 6) is 0. The molecule has 96 valence electrons. The number of nitrogens with one attached hydrogen (secondary N) is 1. The molecule has 0 aromatic carbocycles. The third-order valence-electron chi connectivity index (χ3n) is 4.02. The first-order chi connectivity index (χ1) is 8.83. The number of aliphatic hydroxyl groups is 1. The Labute approximate surface area is 107 Å². The molecule has 3 rings (SSSR count). The van der Waals surface area contributed by atoms with Gasteiger partial charge in [-0.15, -0.1) is 0 Å². The molecule has 2 aromatic rings. The summed E-state index contributed by atoms with van der Waals surface area (Å²) in [5, 5.41) is 17.4. The van der Waals surface area contributed by atoms with Crippen LogP contribution in [0.1, 0.15) is 31.2 Å². The topological polar surface area (TPSA) is 49.6 Å². The molecule has 0 atom stereocenters. The summed E-state index contributed by atoms with van der Waals surface area (Å²) < 4.78 is 1.89. The van der Waals surface area contributed by atoms with Crippen LogP contribution >= 0.6 is 0 Å². The summed E-state index contributed by atoms with van der Waals surface area (Å²) in [6.07, 6.45) is 8.43. The van der Waals surface area contributed by atoms with Crippen molar-refractivity contribution < 1.29 is 5.11 Å². The molecule has 4 nitrogen and oxygen atoms in total. The van der Waals surface area contributed by atoms with Crippen LogP contribution in [0.4, 0.5) is 0 Å². The SMILES string of the molecule is OCC1(NCc2cnn3ccccc23)CCCC1. The maximum absolute atomic E-state index is 9.58. The molecule has 2 N–H and O–H groups in total. The fraction of sp³-hybridized carbons (Fsp3) is 0.500. The second-order valence-electron chi connectivity index (χ2n) is 5.20. The number of nitrogens with zero attached hydrogens (tertiary/aromatic N) is 2. The van der Waals surface area contributed by atoms with E-state index in [2.05, 4.69) is 16.5 Å². The molecule has 0 unspecified atom stereocenters. The van der Waals surface area contributed by atoms with Crippen LogP contribution in [-0.4, -0.2) is 26.9 Å². The summed E-state index contributed by atoms with van der Waals surface area (Å²) in [4.78, 5) is 0. The molecule has 4 heteroatoms. The van der Waals surface area contributed by atoms with Gasteiger partial charge in [0.1, 0.15) is 0 Å². The van der Waals surface area contributed by atoms with Gasteiger partial charge in [-0.25, -0.2) is 4.52 Å². The molecule has 18 heavy (non-hydrogen) atoms. The molecule has 1 aliphatic rings. The van der Waals surface area contributed by atoms with Crippen molar-refractivity contribution in [2.45, 2.75) is 37.8 Å². The molecule has 2 aromatic heterocycles. The Hall–Kier alpha value is -1.39. The Morgan fingerprint density at radius 2 is 2.17 bits per heavy atom. The third-order valence-corrected chi connectivity index (χ3v) is 4.02. The van der Waals surface area contributed by atoms with Gasteiger partial charge in [-0.2, -0.15) is 5.10 Å². The summed E-state index contributed by atoms with van der Waals surface area (Å²) >= 11 is 0. The smallest absolute Gasteiger partial charge is 0.0706 e. The zero-order chi connectivity index (χ0) is 12.4. The van der Waals surface area contributed by atoms with Gasteiger partial charge in [0, 0.05) is 23.8 Å². The number of pyridine rings is 1. The van der Waals surface area contributed by atoms with Crippen LogP contribution in [0.25, 0.3) is 5.52 Å². The Kier molecular flexibility index (Phi) is 3.06. The number of fused-ring (bicyclic) bond motifs is 1. The molecule has 2 heterocycles. The lowest BCUT2D eigenvalue weighted by atomic mass is 9.98. The zero-order valence-corrected chi connectivity index (χ0v) is 10.5. The van der Waals surface area contributed by atoms with Crippen LogP contribution in [-0.2, 0) is 6.54 Å². The lowest BCUT2D eigenvalue weighted by molar-refractivity contribution is 0.163. The van der Waals surface area contributed by atoms with Crippen molar-refractivity contribution in [2.24, 2.45) is 0 Å². The van der Waals surface area contributed by atoms with E-state index in [0.29, 0.717) is 0 Å². The van der Waals surface area contributed by atoms with Gasteiger partial charge in [-0.05, 0) is 25.0 Å². The fourth-order valence-electron chi connectivity index (χ4n) is 2.85. The van der Waals surface area contributed by atoms with Crippen molar-refractivity contribution in [3.63, 3.8) is 0 Å². The zero-order valence-electron chi connectivity index (χ0n) is 10.5. The predicted octanol–water partition coefficient (Wildman–Crippen LogP) is 1.73. The molecule has 0 spiro atoms. The average molecular weight is 245 g/mol. The molecule has 0 saturated heterocycles. The summed E-state index contributed by atoms with van der Waals surface area (Å²) in [7, 11) is 0. The minimum absolute atomic E-state index is 0.0664. The molecule has 0 amide bonds. The first-order valence-electron chi connectivity index (χ1n) is 6.60. The van der Waals surface area contributed by atoms with E-state index in [-0.39, 0.29) is 12.1 Å². The van der Waals surface area contributed by atoms with Gasteiger partial charge in [0.15, 0.2) is 0 Å². The maximum atomic E-state index is 9.58. The van der Waals surface area contributed by atoms with Gasteiger partial charge in [-0.3, -0.25) is 0 Å². The van der Waals surface area contributed by atoms with Crippen LogP contribution in [0.2, 0.25) is 0 Å². The number of aliphatic hydroxyl groups excluding tert-OH is 1. The predicted molar refractivity (Wildman–Crippen MR) is 70.3 cm³/mol. The van der Waals surface area contributed by atoms with Gasteiger partial charge in [0.25, 0.3) is 0 Å². The van der Waals surface area contributed by atoms with E-state index in [1.54, 1.807) is 0 Å². The Balaban J connectivity index is 1.76. The second kappa shape index (κ2) is 4.71. The molecule has 1 saturated carbocycles. The van der Waals surface area contributed by atoms with Crippen LogP contribution < -0.4 is 5.32 Å². The largest absolute Gasteiger partial charge is 0.394 e.